The number of aliphatic carboxylic acids is 1. The molecule has 1 fully saturated rings. The van der Waals surface area contributed by atoms with Gasteiger partial charge >= 0.3 is 13.1 Å². The normalized spacial score (nSPS) is 23.7. The fourth-order valence-corrected chi connectivity index (χ4v) is 2.60. The highest BCUT2D eigenvalue weighted by Crippen LogP contribution is 2.28. The molecule has 1 heterocycles. The SMILES string of the molecule is CC[C@H](N)C(=O)N1C[C@H](CCCB(O)O)[C@H](C(=O)O)C1. The third-order valence-electron chi connectivity index (χ3n) is 3.86. The Morgan fingerprint density at radius 1 is 1.40 bits per heavy atom. The van der Waals surface area contributed by atoms with Crippen molar-refractivity contribution in [1.29, 1.82) is 0 Å². The van der Waals surface area contributed by atoms with Crippen molar-refractivity contribution in [3.63, 3.8) is 0 Å². The predicted molar refractivity (Wildman–Crippen MR) is 73.7 cm³/mol. The molecule has 5 N–H and O–H groups in total. The summed E-state index contributed by atoms with van der Waals surface area (Å²) in [6.07, 6.45) is 1.81. The van der Waals surface area contributed by atoms with Crippen LogP contribution in [-0.4, -0.2) is 58.2 Å². The zero-order valence-corrected chi connectivity index (χ0v) is 11.7. The lowest BCUT2D eigenvalue weighted by Crippen LogP contribution is -2.42. The topological polar surface area (TPSA) is 124 Å². The average Bonchev–Trinajstić information content (AvgIpc) is 2.80. The molecule has 114 valence electrons. The lowest BCUT2D eigenvalue weighted by Gasteiger charge is -2.19. The first kappa shape index (κ1) is 16.9. The monoisotopic (exact) mass is 286 g/mol. The molecule has 8 heteroatoms. The summed E-state index contributed by atoms with van der Waals surface area (Å²) < 4.78 is 0. The summed E-state index contributed by atoms with van der Waals surface area (Å²) in [6, 6.07) is -0.581. The number of nitrogens with zero attached hydrogens (tertiary/aromatic N) is 1. The summed E-state index contributed by atoms with van der Waals surface area (Å²) in [5.74, 6) is -1.87. The summed E-state index contributed by atoms with van der Waals surface area (Å²) in [5, 5.41) is 26.8. The Hall–Kier alpha value is -1.12. The molecule has 1 aliphatic rings. The lowest BCUT2D eigenvalue weighted by atomic mass is 9.80. The maximum Gasteiger partial charge on any atom is 0.451 e. The van der Waals surface area contributed by atoms with E-state index in [1.165, 1.54) is 4.90 Å². The molecule has 0 unspecified atom stereocenters. The van der Waals surface area contributed by atoms with Crippen LogP contribution in [0.15, 0.2) is 0 Å². The number of carbonyl (C=O) groups is 2. The van der Waals surface area contributed by atoms with E-state index in [1.54, 1.807) is 0 Å². The van der Waals surface area contributed by atoms with E-state index in [1.807, 2.05) is 6.92 Å². The minimum absolute atomic E-state index is 0.153. The Bertz CT molecular complexity index is 353. The quantitative estimate of drug-likeness (QED) is 0.451. The van der Waals surface area contributed by atoms with Gasteiger partial charge in [-0.05, 0) is 25.1 Å². The summed E-state index contributed by atoms with van der Waals surface area (Å²) >= 11 is 0. The van der Waals surface area contributed by atoms with Gasteiger partial charge in [0, 0.05) is 13.1 Å². The van der Waals surface area contributed by atoms with E-state index in [9.17, 15) is 14.7 Å². The molecule has 7 nitrogen and oxygen atoms in total. The van der Waals surface area contributed by atoms with Crippen molar-refractivity contribution in [3.05, 3.63) is 0 Å². The molecule has 1 amide bonds. The Morgan fingerprint density at radius 2 is 2.05 bits per heavy atom. The van der Waals surface area contributed by atoms with Gasteiger partial charge in [-0.15, -0.1) is 0 Å². The van der Waals surface area contributed by atoms with Gasteiger partial charge in [-0.25, -0.2) is 0 Å². The third-order valence-corrected chi connectivity index (χ3v) is 3.86. The van der Waals surface area contributed by atoms with Crippen molar-refractivity contribution < 1.29 is 24.7 Å². The molecule has 0 aromatic rings. The Labute approximate surface area is 118 Å². The van der Waals surface area contributed by atoms with Crippen molar-refractivity contribution in [2.24, 2.45) is 17.6 Å². The molecule has 0 aliphatic carbocycles. The fourth-order valence-electron chi connectivity index (χ4n) is 2.60. The standard InChI is InChI=1S/C12H23BN2O5/c1-2-10(14)11(16)15-6-8(4-3-5-13(19)20)9(7-15)12(17)18/h8-10,19-20H,2-7,14H2,1H3,(H,17,18)/t8-,9+,10-/m0/s1. The second kappa shape index (κ2) is 7.61. The van der Waals surface area contributed by atoms with Gasteiger partial charge in [0.1, 0.15) is 0 Å². The van der Waals surface area contributed by atoms with Gasteiger partial charge in [0.15, 0.2) is 0 Å². The van der Waals surface area contributed by atoms with Crippen LogP contribution in [0.5, 0.6) is 0 Å². The molecule has 20 heavy (non-hydrogen) atoms. The zero-order chi connectivity index (χ0) is 15.3. The second-order valence-corrected chi connectivity index (χ2v) is 5.37. The highest BCUT2D eigenvalue weighted by molar-refractivity contribution is 6.40. The van der Waals surface area contributed by atoms with Gasteiger partial charge < -0.3 is 25.8 Å². The number of likely N-dealkylation sites (tertiary alicyclic amines) is 1. The minimum Gasteiger partial charge on any atom is -0.481 e. The summed E-state index contributed by atoms with van der Waals surface area (Å²) in [6.45, 7) is 2.38. The van der Waals surface area contributed by atoms with Crippen molar-refractivity contribution in [2.45, 2.75) is 38.5 Å². The van der Waals surface area contributed by atoms with E-state index in [4.69, 9.17) is 15.8 Å². The number of carboxylic acid groups (broad SMARTS) is 1. The summed E-state index contributed by atoms with van der Waals surface area (Å²) in [7, 11) is -1.37. The van der Waals surface area contributed by atoms with Crippen molar-refractivity contribution in [3.8, 4) is 0 Å². The maximum absolute atomic E-state index is 12.0. The number of amides is 1. The van der Waals surface area contributed by atoms with Crippen LogP contribution in [-0.2, 0) is 9.59 Å². The zero-order valence-electron chi connectivity index (χ0n) is 11.7. The van der Waals surface area contributed by atoms with Gasteiger partial charge in [0.05, 0.1) is 12.0 Å². The van der Waals surface area contributed by atoms with Crippen LogP contribution in [0.25, 0.3) is 0 Å². The lowest BCUT2D eigenvalue weighted by molar-refractivity contribution is -0.142. The Morgan fingerprint density at radius 3 is 2.55 bits per heavy atom. The molecule has 0 radical (unpaired) electrons. The highest BCUT2D eigenvalue weighted by Gasteiger charge is 2.40. The number of carboxylic acids is 1. The maximum atomic E-state index is 12.0. The fraction of sp³-hybridized carbons (Fsp3) is 0.833. The van der Waals surface area contributed by atoms with Crippen LogP contribution in [0.3, 0.4) is 0 Å². The third kappa shape index (κ3) is 4.47. The van der Waals surface area contributed by atoms with E-state index in [2.05, 4.69) is 0 Å². The Kier molecular flexibility index (Phi) is 6.44. The number of rotatable bonds is 7. The largest absolute Gasteiger partial charge is 0.481 e. The van der Waals surface area contributed by atoms with Gasteiger partial charge in [-0.3, -0.25) is 9.59 Å². The molecule has 1 rings (SSSR count). The molecule has 0 aromatic heterocycles. The Balaban J connectivity index is 2.60. The van der Waals surface area contributed by atoms with Gasteiger partial charge in [0.25, 0.3) is 0 Å². The van der Waals surface area contributed by atoms with E-state index >= 15 is 0 Å². The van der Waals surface area contributed by atoms with E-state index in [0.29, 0.717) is 25.8 Å². The van der Waals surface area contributed by atoms with Crippen LogP contribution in [0.1, 0.15) is 26.2 Å². The van der Waals surface area contributed by atoms with E-state index < -0.39 is 25.0 Å². The van der Waals surface area contributed by atoms with Gasteiger partial charge in [-0.1, -0.05) is 13.3 Å². The number of nitrogens with two attached hydrogens (primary N) is 1. The van der Waals surface area contributed by atoms with Crippen molar-refractivity contribution >= 4 is 19.0 Å². The van der Waals surface area contributed by atoms with Crippen LogP contribution in [0, 0.1) is 11.8 Å². The first-order chi connectivity index (χ1) is 9.36. The molecular formula is C12H23BN2O5. The van der Waals surface area contributed by atoms with Crippen LogP contribution in [0.4, 0.5) is 0 Å². The van der Waals surface area contributed by atoms with E-state index in [0.717, 1.165) is 0 Å². The average molecular weight is 286 g/mol. The molecule has 1 aliphatic heterocycles. The van der Waals surface area contributed by atoms with Crippen molar-refractivity contribution in [2.75, 3.05) is 13.1 Å². The smallest absolute Gasteiger partial charge is 0.451 e. The number of hydrogen-bond donors (Lipinski definition) is 4. The highest BCUT2D eigenvalue weighted by atomic mass is 16.4. The first-order valence-electron chi connectivity index (χ1n) is 7.00. The van der Waals surface area contributed by atoms with Crippen LogP contribution >= 0.6 is 0 Å². The molecule has 1 saturated heterocycles. The molecule has 0 bridgehead atoms. The number of carbonyl (C=O) groups excluding carboxylic acids is 1. The molecule has 0 aromatic carbocycles. The minimum atomic E-state index is -1.37. The van der Waals surface area contributed by atoms with Crippen LogP contribution in [0.2, 0.25) is 6.32 Å². The molecule has 0 saturated carbocycles. The van der Waals surface area contributed by atoms with Gasteiger partial charge in [0.2, 0.25) is 5.91 Å². The summed E-state index contributed by atoms with van der Waals surface area (Å²) in [5.41, 5.74) is 5.70. The molecular weight excluding hydrogens is 263 g/mol. The predicted octanol–water partition coefficient (Wildman–Crippen LogP) is -0.864. The second-order valence-electron chi connectivity index (χ2n) is 5.37. The first-order valence-corrected chi connectivity index (χ1v) is 7.00. The number of hydrogen-bond acceptors (Lipinski definition) is 5. The summed E-state index contributed by atoms with van der Waals surface area (Å²) in [4.78, 5) is 24.8. The van der Waals surface area contributed by atoms with E-state index in [-0.39, 0.29) is 24.7 Å². The van der Waals surface area contributed by atoms with Crippen molar-refractivity contribution in [1.82, 2.24) is 4.90 Å². The van der Waals surface area contributed by atoms with Gasteiger partial charge in [-0.2, -0.15) is 0 Å². The molecule has 3 atom stereocenters. The molecule has 0 spiro atoms. The van der Waals surface area contributed by atoms with Crippen LogP contribution < -0.4 is 5.73 Å².